The Hall–Kier alpha value is -3.15. The molecule has 0 saturated carbocycles. The Bertz CT molecular complexity index is 1160. The van der Waals surface area contributed by atoms with Crippen LogP contribution >= 0.6 is 0 Å². The van der Waals surface area contributed by atoms with E-state index in [4.69, 9.17) is 14.2 Å². The molecule has 0 spiro atoms. The maximum atomic E-state index is 12.8. The van der Waals surface area contributed by atoms with Crippen molar-refractivity contribution < 1.29 is 28.6 Å². The van der Waals surface area contributed by atoms with E-state index in [-0.39, 0.29) is 31.1 Å². The van der Waals surface area contributed by atoms with Crippen molar-refractivity contribution in [2.45, 2.75) is 245 Å². The number of hydrogen-bond donors (Lipinski definition) is 0. The fourth-order valence-corrected chi connectivity index (χ4v) is 6.87. The quantitative estimate of drug-likeness (QED) is 0.0263. The number of carbonyl (C=O) groups excluding carboxylic acids is 3. The van der Waals surface area contributed by atoms with Crippen LogP contribution in [0.2, 0.25) is 0 Å². The molecule has 1 unspecified atom stereocenters. The summed E-state index contributed by atoms with van der Waals surface area (Å²) in [6.45, 7) is 6.46. The van der Waals surface area contributed by atoms with Gasteiger partial charge in [0.25, 0.3) is 0 Å². The van der Waals surface area contributed by atoms with Crippen LogP contribution in [0.4, 0.5) is 0 Å². The Kier molecular flexibility index (Phi) is 46.9. The zero-order chi connectivity index (χ0) is 44.4. The van der Waals surface area contributed by atoms with Crippen LogP contribution in [0, 0.1) is 0 Å². The van der Waals surface area contributed by atoms with Crippen LogP contribution < -0.4 is 0 Å². The van der Waals surface area contributed by atoms with Crippen LogP contribution in [0.25, 0.3) is 0 Å². The van der Waals surface area contributed by atoms with Gasteiger partial charge in [0.15, 0.2) is 6.10 Å². The van der Waals surface area contributed by atoms with Crippen molar-refractivity contribution in [2.75, 3.05) is 13.2 Å². The highest BCUT2D eigenvalue weighted by molar-refractivity contribution is 5.71. The van der Waals surface area contributed by atoms with Crippen molar-refractivity contribution in [2.24, 2.45) is 0 Å². The van der Waals surface area contributed by atoms with E-state index < -0.39 is 6.10 Å². The second kappa shape index (κ2) is 49.5. The summed E-state index contributed by atoms with van der Waals surface area (Å²) >= 11 is 0. The third-order valence-electron chi connectivity index (χ3n) is 10.7. The van der Waals surface area contributed by atoms with Crippen molar-refractivity contribution in [3.05, 3.63) is 72.9 Å². The SMILES string of the molecule is CC/C=C\C/C=C\C/C=C\C/C=C\CCCCCCC(=O)OCC(COC(=O)CCCCCCCCCCCCC)OC(=O)CCCCCCC/C=C\C/C=C\CCCCC. The van der Waals surface area contributed by atoms with Crippen LogP contribution in [0.1, 0.15) is 239 Å². The molecule has 6 heteroatoms. The minimum atomic E-state index is -0.790. The number of unbranched alkanes of at least 4 members (excludes halogenated alkanes) is 22. The Labute approximate surface area is 376 Å². The Balaban J connectivity index is 4.44. The van der Waals surface area contributed by atoms with Crippen LogP contribution in [0.3, 0.4) is 0 Å². The molecule has 1 atom stereocenters. The highest BCUT2D eigenvalue weighted by Gasteiger charge is 2.19. The number of carbonyl (C=O) groups is 3. The van der Waals surface area contributed by atoms with Crippen molar-refractivity contribution in [3.8, 4) is 0 Å². The summed E-state index contributed by atoms with van der Waals surface area (Å²) < 4.78 is 16.8. The zero-order valence-electron chi connectivity index (χ0n) is 39.9. The van der Waals surface area contributed by atoms with Gasteiger partial charge in [-0.15, -0.1) is 0 Å². The highest BCUT2D eigenvalue weighted by atomic mass is 16.6. The summed E-state index contributed by atoms with van der Waals surface area (Å²) in [6, 6.07) is 0. The number of esters is 3. The standard InChI is InChI=1S/C55H94O6/c1-4-7-10-13-16-19-22-24-26-27-29-30-33-36-39-42-45-48-54(57)60-51-52(50-59-53(56)47-44-41-38-35-32-21-18-15-12-9-6-3)61-55(58)49-46-43-40-37-34-31-28-25-23-20-17-14-11-8-5-2/h7,10,16-17,19-20,24-26,28-30,52H,4-6,8-9,11-15,18,21-23,27,31-51H2,1-3H3/b10-7-,19-16-,20-17-,26-24-,28-25-,30-29-. The zero-order valence-corrected chi connectivity index (χ0v) is 39.9. The predicted molar refractivity (Wildman–Crippen MR) is 261 cm³/mol. The lowest BCUT2D eigenvalue weighted by molar-refractivity contribution is -0.167. The molecule has 0 aromatic rings. The maximum absolute atomic E-state index is 12.8. The number of hydrogen-bond acceptors (Lipinski definition) is 6. The van der Waals surface area contributed by atoms with E-state index in [2.05, 4.69) is 93.7 Å². The first kappa shape index (κ1) is 57.9. The van der Waals surface area contributed by atoms with Crippen LogP contribution in [-0.4, -0.2) is 37.2 Å². The van der Waals surface area contributed by atoms with Crippen LogP contribution in [0.5, 0.6) is 0 Å². The lowest BCUT2D eigenvalue weighted by Crippen LogP contribution is -2.30. The Morgan fingerprint density at radius 2 is 0.639 bits per heavy atom. The van der Waals surface area contributed by atoms with E-state index in [0.29, 0.717) is 19.3 Å². The average Bonchev–Trinajstić information content (AvgIpc) is 3.26. The summed E-state index contributed by atoms with van der Waals surface area (Å²) in [4.78, 5) is 37.9. The lowest BCUT2D eigenvalue weighted by Gasteiger charge is -2.18. The van der Waals surface area contributed by atoms with Gasteiger partial charge in [-0.1, -0.05) is 203 Å². The van der Waals surface area contributed by atoms with Crippen molar-refractivity contribution in [1.82, 2.24) is 0 Å². The summed E-state index contributed by atoms with van der Waals surface area (Å²) in [7, 11) is 0. The minimum absolute atomic E-state index is 0.0879. The first-order valence-corrected chi connectivity index (χ1v) is 25.4. The predicted octanol–water partition coefficient (Wildman–Crippen LogP) is 16.6. The normalized spacial score (nSPS) is 12.6. The molecule has 0 aliphatic carbocycles. The molecule has 0 amide bonds. The molecule has 0 aliphatic rings. The average molecular weight is 851 g/mol. The molecule has 0 fully saturated rings. The first-order chi connectivity index (χ1) is 30.0. The molecule has 0 bridgehead atoms. The second-order valence-electron chi connectivity index (χ2n) is 16.7. The molecule has 0 aliphatic heterocycles. The summed E-state index contributed by atoms with van der Waals surface area (Å²) in [6.07, 6.45) is 61.6. The molecule has 61 heavy (non-hydrogen) atoms. The molecule has 0 radical (unpaired) electrons. The van der Waals surface area contributed by atoms with E-state index >= 15 is 0 Å². The monoisotopic (exact) mass is 851 g/mol. The van der Waals surface area contributed by atoms with E-state index in [1.807, 2.05) is 0 Å². The fourth-order valence-electron chi connectivity index (χ4n) is 6.87. The van der Waals surface area contributed by atoms with Crippen molar-refractivity contribution in [3.63, 3.8) is 0 Å². The molecule has 0 saturated heterocycles. The van der Waals surface area contributed by atoms with Gasteiger partial charge in [0.1, 0.15) is 13.2 Å². The molecular weight excluding hydrogens is 757 g/mol. The molecular formula is C55H94O6. The van der Waals surface area contributed by atoms with Gasteiger partial charge in [0.05, 0.1) is 0 Å². The minimum Gasteiger partial charge on any atom is -0.462 e. The summed E-state index contributed by atoms with van der Waals surface area (Å²) in [5.74, 6) is -0.926. The first-order valence-electron chi connectivity index (χ1n) is 25.4. The Morgan fingerprint density at radius 3 is 1.03 bits per heavy atom. The van der Waals surface area contributed by atoms with Gasteiger partial charge < -0.3 is 14.2 Å². The van der Waals surface area contributed by atoms with Gasteiger partial charge in [0.2, 0.25) is 0 Å². The van der Waals surface area contributed by atoms with E-state index in [1.54, 1.807) is 0 Å². The van der Waals surface area contributed by atoms with Gasteiger partial charge in [0, 0.05) is 19.3 Å². The summed E-state index contributed by atoms with van der Waals surface area (Å²) in [5, 5.41) is 0. The molecule has 0 rings (SSSR count). The number of allylic oxidation sites excluding steroid dienone is 12. The van der Waals surface area contributed by atoms with Crippen molar-refractivity contribution in [1.29, 1.82) is 0 Å². The third-order valence-corrected chi connectivity index (χ3v) is 10.7. The van der Waals surface area contributed by atoms with Gasteiger partial charge >= 0.3 is 17.9 Å². The van der Waals surface area contributed by atoms with Gasteiger partial charge in [-0.3, -0.25) is 14.4 Å². The molecule has 350 valence electrons. The number of rotatable bonds is 45. The van der Waals surface area contributed by atoms with Gasteiger partial charge in [-0.05, 0) is 89.9 Å². The van der Waals surface area contributed by atoms with E-state index in [9.17, 15) is 14.4 Å². The van der Waals surface area contributed by atoms with Crippen LogP contribution in [0.15, 0.2) is 72.9 Å². The molecule has 6 nitrogen and oxygen atoms in total. The molecule has 0 heterocycles. The third kappa shape index (κ3) is 47.7. The highest BCUT2D eigenvalue weighted by Crippen LogP contribution is 2.14. The molecule has 0 aromatic heterocycles. The van der Waals surface area contributed by atoms with Crippen LogP contribution in [-0.2, 0) is 28.6 Å². The molecule has 0 N–H and O–H groups in total. The largest absolute Gasteiger partial charge is 0.462 e. The van der Waals surface area contributed by atoms with E-state index in [0.717, 1.165) is 122 Å². The summed E-state index contributed by atoms with van der Waals surface area (Å²) in [5.41, 5.74) is 0. The van der Waals surface area contributed by atoms with Crippen molar-refractivity contribution >= 4 is 17.9 Å². The topological polar surface area (TPSA) is 78.9 Å². The lowest BCUT2D eigenvalue weighted by atomic mass is 10.1. The smallest absolute Gasteiger partial charge is 0.306 e. The Morgan fingerprint density at radius 1 is 0.344 bits per heavy atom. The van der Waals surface area contributed by atoms with Gasteiger partial charge in [-0.2, -0.15) is 0 Å². The fraction of sp³-hybridized carbons (Fsp3) is 0.727. The second-order valence-corrected chi connectivity index (χ2v) is 16.7. The maximum Gasteiger partial charge on any atom is 0.306 e. The molecule has 0 aromatic carbocycles. The number of ether oxygens (including phenoxy) is 3. The van der Waals surface area contributed by atoms with Gasteiger partial charge in [-0.25, -0.2) is 0 Å². The van der Waals surface area contributed by atoms with E-state index in [1.165, 1.54) is 77.0 Å².